The monoisotopic (exact) mass is 307 g/mol. The maximum absolute atomic E-state index is 10.4. The quantitative estimate of drug-likeness (QED) is 0.819. The fourth-order valence-corrected chi connectivity index (χ4v) is 3.30. The zero-order valence-electron chi connectivity index (χ0n) is 12.2. The zero-order valence-corrected chi connectivity index (χ0v) is 13.0. The topological polar surface area (TPSA) is 49.8 Å². The fourth-order valence-electron chi connectivity index (χ4n) is 2.22. The first-order valence-electron chi connectivity index (χ1n) is 7.11. The van der Waals surface area contributed by atoms with Crippen LogP contribution in [0, 0.1) is 0 Å². The molecule has 0 amide bonds. The van der Waals surface area contributed by atoms with E-state index in [-0.39, 0.29) is 0 Å². The summed E-state index contributed by atoms with van der Waals surface area (Å²) in [5.74, 6) is 2.28. The molecule has 1 aromatic rings. The summed E-state index contributed by atoms with van der Waals surface area (Å²) in [7, 11) is 0. The van der Waals surface area contributed by atoms with E-state index in [4.69, 9.17) is 9.84 Å². The van der Waals surface area contributed by atoms with Gasteiger partial charge in [0.2, 0.25) is 0 Å². The number of carboxylic acids is 1. The van der Waals surface area contributed by atoms with Crippen molar-refractivity contribution in [3.8, 4) is 5.75 Å². The number of carboxylic acid groups (broad SMARTS) is 1. The van der Waals surface area contributed by atoms with E-state index in [2.05, 4.69) is 11.8 Å². The molecule has 114 valence electrons. The van der Waals surface area contributed by atoms with Crippen molar-refractivity contribution in [2.75, 3.05) is 31.2 Å². The summed E-state index contributed by atoms with van der Waals surface area (Å²) in [6, 6.07) is 8.08. The Morgan fingerprint density at radius 2 is 2.24 bits per heavy atom. The van der Waals surface area contributed by atoms with Crippen LogP contribution in [-0.2, 0) is 4.79 Å². The van der Waals surface area contributed by atoms with Gasteiger partial charge in [-0.05, 0) is 30.7 Å². The first kappa shape index (κ1) is 15.9. The molecule has 21 heavy (non-hydrogen) atoms. The summed E-state index contributed by atoms with van der Waals surface area (Å²) in [6.07, 6.45) is 2.70. The van der Waals surface area contributed by atoms with Crippen molar-refractivity contribution in [2.24, 2.45) is 0 Å². The number of hydrogen-bond donors (Lipinski definition) is 1. The van der Waals surface area contributed by atoms with Crippen molar-refractivity contribution in [2.45, 2.75) is 13.0 Å². The molecule has 2 rings (SSSR count). The Labute approximate surface area is 129 Å². The lowest BCUT2D eigenvalue weighted by atomic mass is 10.2. The van der Waals surface area contributed by atoms with Crippen molar-refractivity contribution >= 4 is 23.8 Å². The SMILES string of the molecule is CC1CSCCN1CCOc1ccc(C=CC(=O)O)cc1. The predicted octanol–water partition coefficient (Wildman–Crippen LogP) is 2.60. The minimum atomic E-state index is -0.941. The normalized spacial score (nSPS) is 19.8. The number of ether oxygens (including phenoxy) is 1. The molecule has 1 heterocycles. The molecule has 0 saturated carbocycles. The molecular weight excluding hydrogens is 286 g/mol. The zero-order chi connectivity index (χ0) is 15.1. The number of benzene rings is 1. The van der Waals surface area contributed by atoms with E-state index in [0.29, 0.717) is 12.6 Å². The molecular formula is C16H21NO3S. The van der Waals surface area contributed by atoms with Gasteiger partial charge in [-0.3, -0.25) is 4.90 Å². The number of aliphatic carboxylic acids is 1. The van der Waals surface area contributed by atoms with Gasteiger partial charge in [0.25, 0.3) is 0 Å². The lowest BCUT2D eigenvalue weighted by Crippen LogP contribution is -2.42. The van der Waals surface area contributed by atoms with Crippen molar-refractivity contribution in [1.29, 1.82) is 0 Å². The molecule has 0 radical (unpaired) electrons. The Bertz CT molecular complexity index is 487. The molecule has 0 bridgehead atoms. The lowest BCUT2D eigenvalue weighted by Gasteiger charge is -2.32. The molecule has 0 spiro atoms. The standard InChI is InChI=1S/C16H21NO3S/c1-13-12-21-11-9-17(13)8-10-20-15-5-2-14(3-6-15)4-7-16(18)19/h2-7,13H,8-12H2,1H3,(H,18,19). The van der Waals surface area contributed by atoms with Crippen LogP contribution < -0.4 is 4.74 Å². The maximum Gasteiger partial charge on any atom is 0.328 e. The maximum atomic E-state index is 10.4. The van der Waals surface area contributed by atoms with Gasteiger partial charge in [-0.25, -0.2) is 4.79 Å². The highest BCUT2D eigenvalue weighted by atomic mass is 32.2. The molecule has 1 N–H and O–H groups in total. The Morgan fingerprint density at radius 3 is 2.90 bits per heavy atom. The van der Waals surface area contributed by atoms with Crippen LogP contribution >= 0.6 is 11.8 Å². The average molecular weight is 307 g/mol. The van der Waals surface area contributed by atoms with Crippen molar-refractivity contribution < 1.29 is 14.6 Å². The molecule has 1 aliphatic rings. The Kier molecular flexibility index (Phi) is 6.14. The van der Waals surface area contributed by atoms with Crippen molar-refractivity contribution in [1.82, 2.24) is 4.90 Å². The molecule has 1 fully saturated rings. The van der Waals surface area contributed by atoms with Crippen LogP contribution in [0.15, 0.2) is 30.3 Å². The first-order valence-corrected chi connectivity index (χ1v) is 8.26. The average Bonchev–Trinajstić information content (AvgIpc) is 2.48. The highest BCUT2D eigenvalue weighted by molar-refractivity contribution is 7.99. The van der Waals surface area contributed by atoms with Crippen LogP contribution in [0.3, 0.4) is 0 Å². The number of rotatable bonds is 6. The Hall–Kier alpha value is -1.46. The van der Waals surface area contributed by atoms with Gasteiger partial charge in [-0.2, -0.15) is 11.8 Å². The molecule has 1 aromatic carbocycles. The van der Waals surface area contributed by atoms with Crippen LogP contribution in [0.25, 0.3) is 6.08 Å². The largest absolute Gasteiger partial charge is 0.492 e. The highest BCUT2D eigenvalue weighted by Gasteiger charge is 2.17. The van der Waals surface area contributed by atoms with Gasteiger partial charge in [0.15, 0.2) is 0 Å². The van der Waals surface area contributed by atoms with Crippen LogP contribution in [0.2, 0.25) is 0 Å². The summed E-state index contributed by atoms with van der Waals surface area (Å²) in [5.41, 5.74) is 0.853. The summed E-state index contributed by atoms with van der Waals surface area (Å²) in [4.78, 5) is 12.9. The molecule has 1 atom stereocenters. The van der Waals surface area contributed by atoms with Gasteiger partial charge in [0.05, 0.1) is 0 Å². The minimum absolute atomic E-state index is 0.621. The van der Waals surface area contributed by atoms with Crippen molar-refractivity contribution in [3.63, 3.8) is 0 Å². The Balaban J connectivity index is 1.77. The predicted molar refractivity (Wildman–Crippen MR) is 87.0 cm³/mol. The number of thioether (sulfide) groups is 1. The molecule has 0 aromatic heterocycles. The third kappa shape index (κ3) is 5.44. The first-order chi connectivity index (χ1) is 10.1. The van der Waals surface area contributed by atoms with E-state index in [1.54, 1.807) is 6.08 Å². The van der Waals surface area contributed by atoms with E-state index < -0.39 is 5.97 Å². The Morgan fingerprint density at radius 1 is 1.48 bits per heavy atom. The fraction of sp³-hybridized carbons (Fsp3) is 0.438. The van der Waals surface area contributed by atoms with E-state index in [9.17, 15) is 4.79 Å². The smallest absolute Gasteiger partial charge is 0.328 e. The molecule has 1 saturated heterocycles. The van der Waals surface area contributed by atoms with Crippen LogP contribution in [0.4, 0.5) is 0 Å². The van der Waals surface area contributed by atoms with Gasteiger partial charge < -0.3 is 9.84 Å². The molecule has 1 unspecified atom stereocenters. The van der Waals surface area contributed by atoms with Crippen LogP contribution in [0.1, 0.15) is 12.5 Å². The lowest BCUT2D eigenvalue weighted by molar-refractivity contribution is -0.131. The second-order valence-corrected chi connectivity index (χ2v) is 6.20. The number of hydrogen-bond acceptors (Lipinski definition) is 4. The molecule has 5 heteroatoms. The molecule has 4 nitrogen and oxygen atoms in total. The summed E-state index contributed by atoms with van der Waals surface area (Å²) >= 11 is 2.01. The third-order valence-corrected chi connectivity index (χ3v) is 4.64. The van der Waals surface area contributed by atoms with Gasteiger partial charge in [-0.15, -0.1) is 0 Å². The second kappa shape index (κ2) is 8.10. The number of nitrogens with zero attached hydrogens (tertiary/aromatic N) is 1. The molecule has 0 aliphatic carbocycles. The van der Waals surface area contributed by atoms with Crippen LogP contribution in [-0.4, -0.2) is 53.2 Å². The van der Waals surface area contributed by atoms with Gasteiger partial charge in [-0.1, -0.05) is 12.1 Å². The summed E-state index contributed by atoms with van der Waals surface area (Å²) < 4.78 is 5.75. The van der Waals surface area contributed by atoms with E-state index in [1.807, 2.05) is 36.0 Å². The number of carbonyl (C=O) groups is 1. The minimum Gasteiger partial charge on any atom is -0.492 e. The van der Waals surface area contributed by atoms with Gasteiger partial charge >= 0.3 is 5.97 Å². The molecule has 1 aliphatic heterocycles. The van der Waals surface area contributed by atoms with Crippen molar-refractivity contribution in [3.05, 3.63) is 35.9 Å². The van der Waals surface area contributed by atoms with Crippen LogP contribution in [0.5, 0.6) is 5.75 Å². The van der Waals surface area contributed by atoms with Gasteiger partial charge in [0, 0.05) is 36.7 Å². The summed E-state index contributed by atoms with van der Waals surface area (Å²) in [6.45, 7) is 5.02. The van der Waals surface area contributed by atoms with E-state index >= 15 is 0 Å². The van der Waals surface area contributed by atoms with E-state index in [0.717, 1.165) is 30.5 Å². The summed E-state index contributed by atoms with van der Waals surface area (Å²) in [5, 5.41) is 8.57. The van der Waals surface area contributed by atoms with E-state index in [1.165, 1.54) is 11.5 Å². The van der Waals surface area contributed by atoms with Gasteiger partial charge in [0.1, 0.15) is 12.4 Å². The highest BCUT2D eigenvalue weighted by Crippen LogP contribution is 2.16. The third-order valence-electron chi connectivity index (χ3n) is 3.45. The second-order valence-electron chi connectivity index (χ2n) is 5.05.